The molecule has 7 N–H and O–H groups in total. The van der Waals surface area contributed by atoms with E-state index < -0.39 is 26.2 Å². The van der Waals surface area contributed by atoms with Crippen LogP contribution in [0.15, 0.2) is 0 Å². The molecular formula is C9H26B2O8. The zero-order chi connectivity index (χ0) is 16.3. The van der Waals surface area contributed by atoms with Gasteiger partial charge in [0.25, 0.3) is 0 Å². The third kappa shape index (κ3) is 20.3. The van der Waals surface area contributed by atoms with E-state index >= 15 is 0 Å². The standard InChI is InChI=1S/C9H20O3.BH3O3.BH3O2/c1-7(2)12-6-9(5,11)8(3,4)10;2-1(3)4;2-1-3/h7,10-11H,6H2,1-5H3;2-4H;1-3H. The topological polar surface area (TPSA) is 151 Å². The Hall–Kier alpha value is -0.190. The number of rotatable bonds is 4. The van der Waals surface area contributed by atoms with Crippen molar-refractivity contribution in [1.82, 2.24) is 0 Å². The molecule has 0 heterocycles. The summed E-state index contributed by atoms with van der Waals surface area (Å²) in [5.41, 5.74) is -2.33. The van der Waals surface area contributed by atoms with Crippen LogP contribution in [0.4, 0.5) is 0 Å². The predicted octanol–water partition coefficient (Wildman–Crippen LogP) is -2.88. The maximum atomic E-state index is 9.72. The summed E-state index contributed by atoms with van der Waals surface area (Å²) in [6.45, 7) is 8.62. The lowest BCUT2D eigenvalue weighted by molar-refractivity contribution is -0.160. The van der Waals surface area contributed by atoms with Crippen molar-refractivity contribution in [2.75, 3.05) is 6.61 Å². The Morgan fingerprint density at radius 3 is 1.47 bits per heavy atom. The summed E-state index contributed by atoms with van der Waals surface area (Å²) in [5, 5.41) is 55.0. The van der Waals surface area contributed by atoms with E-state index in [0.717, 1.165) is 0 Å². The second-order valence-electron chi connectivity index (χ2n) is 4.68. The number of hydrogen-bond donors (Lipinski definition) is 7. The Bertz CT molecular complexity index is 190. The lowest BCUT2D eigenvalue weighted by Crippen LogP contribution is -2.51. The summed E-state index contributed by atoms with van der Waals surface area (Å²) in [5.74, 6) is 0. The predicted molar refractivity (Wildman–Crippen MR) is 72.0 cm³/mol. The van der Waals surface area contributed by atoms with Gasteiger partial charge in [-0.3, -0.25) is 0 Å². The quantitative estimate of drug-likeness (QED) is 0.272. The molecule has 8 nitrogen and oxygen atoms in total. The van der Waals surface area contributed by atoms with Gasteiger partial charge >= 0.3 is 15.0 Å². The van der Waals surface area contributed by atoms with Crippen LogP contribution < -0.4 is 0 Å². The Balaban J connectivity index is -0.000000303. The van der Waals surface area contributed by atoms with E-state index in [0.29, 0.717) is 0 Å². The fraction of sp³-hybridized carbons (Fsp3) is 1.00. The maximum Gasteiger partial charge on any atom is 0.631 e. The van der Waals surface area contributed by atoms with E-state index in [1.807, 2.05) is 13.8 Å². The van der Waals surface area contributed by atoms with Gasteiger partial charge in [-0.1, -0.05) is 0 Å². The third-order valence-electron chi connectivity index (χ3n) is 2.02. The maximum absolute atomic E-state index is 9.72. The fourth-order valence-corrected chi connectivity index (χ4v) is 0.506. The first-order chi connectivity index (χ1) is 8.31. The molecular weight excluding hydrogens is 258 g/mol. The average Bonchev–Trinajstić information content (AvgIpc) is 2.13. The number of aliphatic hydroxyl groups is 2. The molecule has 10 heteroatoms. The Morgan fingerprint density at radius 2 is 1.32 bits per heavy atom. The highest BCUT2D eigenvalue weighted by Gasteiger charge is 2.37. The fourth-order valence-electron chi connectivity index (χ4n) is 0.506. The Morgan fingerprint density at radius 1 is 1.05 bits per heavy atom. The molecule has 1 atom stereocenters. The molecule has 0 aromatic heterocycles. The molecule has 0 aromatic carbocycles. The molecule has 0 aromatic rings. The van der Waals surface area contributed by atoms with Crippen LogP contribution in [0, 0.1) is 0 Å². The summed E-state index contributed by atoms with van der Waals surface area (Å²) in [4.78, 5) is 0. The van der Waals surface area contributed by atoms with E-state index in [9.17, 15) is 10.2 Å². The van der Waals surface area contributed by atoms with Gasteiger partial charge in [0.1, 0.15) is 5.60 Å². The molecule has 0 fully saturated rings. The molecule has 0 aliphatic carbocycles. The SMILES string of the molecule is CC(C)OCC(C)(O)C(C)(C)O.OB(O)O.OBO. The molecule has 19 heavy (non-hydrogen) atoms. The molecule has 0 radical (unpaired) electrons. The lowest BCUT2D eigenvalue weighted by atomic mass is 9.89. The molecule has 0 rings (SSSR count). The van der Waals surface area contributed by atoms with Crippen LogP contribution in [0.5, 0.6) is 0 Å². The lowest BCUT2D eigenvalue weighted by Gasteiger charge is -2.35. The minimum atomic E-state index is -2.17. The highest BCUT2D eigenvalue weighted by atomic mass is 16.5. The van der Waals surface area contributed by atoms with Crippen LogP contribution in [0.25, 0.3) is 0 Å². The van der Waals surface area contributed by atoms with Crippen molar-refractivity contribution in [2.45, 2.75) is 51.9 Å². The third-order valence-corrected chi connectivity index (χ3v) is 2.02. The molecule has 1 unspecified atom stereocenters. The van der Waals surface area contributed by atoms with Gasteiger partial charge in [-0.15, -0.1) is 0 Å². The van der Waals surface area contributed by atoms with Gasteiger partial charge in [-0.05, 0) is 34.6 Å². The van der Waals surface area contributed by atoms with E-state index in [-0.39, 0.29) is 12.7 Å². The smallest absolute Gasteiger partial charge is 0.430 e. The van der Waals surface area contributed by atoms with Crippen LogP contribution in [0.2, 0.25) is 0 Å². The largest absolute Gasteiger partial charge is 0.631 e. The van der Waals surface area contributed by atoms with Gasteiger partial charge < -0.3 is 40.1 Å². The average molecular weight is 284 g/mol. The molecule has 0 saturated heterocycles. The molecule has 0 spiro atoms. The Kier molecular flexibility index (Phi) is 14.6. The van der Waals surface area contributed by atoms with Crippen molar-refractivity contribution < 1.29 is 40.1 Å². The van der Waals surface area contributed by atoms with Crippen molar-refractivity contribution in [2.24, 2.45) is 0 Å². The summed E-state index contributed by atoms with van der Waals surface area (Å²) < 4.78 is 5.22. The van der Waals surface area contributed by atoms with E-state index in [1.165, 1.54) is 0 Å². The highest BCUT2D eigenvalue weighted by Crippen LogP contribution is 2.21. The van der Waals surface area contributed by atoms with Crippen LogP contribution in [0.1, 0.15) is 34.6 Å². The van der Waals surface area contributed by atoms with Gasteiger partial charge in [0.05, 0.1) is 18.3 Å². The number of hydrogen-bond acceptors (Lipinski definition) is 8. The highest BCUT2D eigenvalue weighted by molar-refractivity contribution is 6.30. The van der Waals surface area contributed by atoms with Crippen molar-refractivity contribution in [3.05, 3.63) is 0 Å². The van der Waals surface area contributed by atoms with E-state index in [1.54, 1.807) is 20.8 Å². The summed E-state index contributed by atoms with van der Waals surface area (Å²) in [7, 11) is -2.92. The van der Waals surface area contributed by atoms with Gasteiger partial charge in [-0.2, -0.15) is 0 Å². The van der Waals surface area contributed by atoms with Gasteiger partial charge in [0.15, 0.2) is 0 Å². The van der Waals surface area contributed by atoms with Crippen molar-refractivity contribution in [3.8, 4) is 0 Å². The minimum Gasteiger partial charge on any atom is -0.430 e. The zero-order valence-electron chi connectivity index (χ0n) is 12.1. The summed E-state index contributed by atoms with van der Waals surface area (Å²) in [6.07, 6.45) is 0.0684. The van der Waals surface area contributed by atoms with Gasteiger partial charge in [0, 0.05) is 0 Å². The van der Waals surface area contributed by atoms with E-state index in [4.69, 9.17) is 29.9 Å². The van der Waals surface area contributed by atoms with E-state index in [2.05, 4.69) is 0 Å². The second-order valence-corrected chi connectivity index (χ2v) is 4.68. The van der Waals surface area contributed by atoms with Gasteiger partial charge in [0.2, 0.25) is 0 Å². The second kappa shape index (κ2) is 11.6. The molecule has 0 bridgehead atoms. The first kappa shape index (κ1) is 23.9. The van der Waals surface area contributed by atoms with Crippen LogP contribution >= 0.6 is 0 Å². The summed E-state index contributed by atoms with van der Waals surface area (Å²) in [6, 6.07) is 0. The van der Waals surface area contributed by atoms with Crippen LogP contribution in [-0.2, 0) is 4.74 Å². The first-order valence-corrected chi connectivity index (χ1v) is 5.64. The minimum absolute atomic E-state index is 0.0684. The molecule has 0 aliphatic rings. The van der Waals surface area contributed by atoms with Crippen molar-refractivity contribution in [3.63, 3.8) is 0 Å². The van der Waals surface area contributed by atoms with Crippen molar-refractivity contribution >= 4 is 15.0 Å². The van der Waals surface area contributed by atoms with Crippen molar-refractivity contribution in [1.29, 1.82) is 0 Å². The first-order valence-electron chi connectivity index (χ1n) is 5.64. The zero-order valence-corrected chi connectivity index (χ0v) is 12.1. The van der Waals surface area contributed by atoms with Crippen LogP contribution in [-0.4, -0.2) is 74.3 Å². The van der Waals surface area contributed by atoms with Crippen LogP contribution in [0.3, 0.4) is 0 Å². The molecule has 0 amide bonds. The summed E-state index contributed by atoms with van der Waals surface area (Å²) >= 11 is 0. The molecule has 0 aliphatic heterocycles. The monoisotopic (exact) mass is 284 g/mol. The normalized spacial score (nSPS) is 13.5. The molecule has 0 saturated carbocycles. The van der Waals surface area contributed by atoms with Gasteiger partial charge in [-0.25, -0.2) is 0 Å². The molecule has 116 valence electrons. The Labute approximate surface area is 114 Å². The number of ether oxygens (including phenoxy) is 1.